The second-order valence-electron chi connectivity index (χ2n) is 7.40. The van der Waals surface area contributed by atoms with Gasteiger partial charge in [-0.2, -0.15) is 0 Å². The topological polar surface area (TPSA) is 149 Å². The van der Waals surface area contributed by atoms with Gasteiger partial charge in [0, 0.05) is 21.1 Å². The maximum Gasteiger partial charge on any atom is 0.371 e. The smallest absolute Gasteiger partial charge is 0.371 e. The van der Waals surface area contributed by atoms with Gasteiger partial charge in [0.2, 0.25) is 18.9 Å². The largest absolute Gasteiger partial charge is 0.457 e. The molecule has 1 aliphatic heterocycles. The van der Waals surface area contributed by atoms with Gasteiger partial charge in [0.1, 0.15) is 12.7 Å². The Morgan fingerprint density at radius 3 is 2.10 bits per heavy atom. The van der Waals surface area contributed by atoms with Gasteiger partial charge < -0.3 is 23.7 Å². The van der Waals surface area contributed by atoms with Gasteiger partial charge in [0.15, 0.2) is 12.4 Å². The van der Waals surface area contributed by atoms with E-state index in [4.69, 9.17) is 23.7 Å². The minimum absolute atomic E-state index is 0.0245. The lowest BCUT2D eigenvalue weighted by Crippen LogP contribution is -2.54. The molecular formula is C17H24O11Si. The molecule has 0 radical (unpaired) electrons. The van der Waals surface area contributed by atoms with Crippen LogP contribution in [0.1, 0.15) is 6.42 Å². The van der Waals surface area contributed by atoms with Crippen molar-refractivity contribution in [2.75, 3.05) is 13.2 Å². The number of ether oxygens (including phenoxy) is 5. The lowest BCUT2D eigenvalue weighted by atomic mass is 10.0. The molecule has 0 N–H and O–H groups in total. The Hall–Kier alpha value is -2.44. The number of carbonyl (C=O) groups excluding carboxylic acids is 6. The van der Waals surface area contributed by atoms with Crippen LogP contribution in [0.4, 0.5) is 0 Å². The summed E-state index contributed by atoms with van der Waals surface area (Å²) < 4.78 is 25.9. The molecule has 1 heterocycles. The third-order valence-corrected chi connectivity index (χ3v) is 5.51. The average Bonchev–Trinajstić information content (AvgIpc) is 2.66. The van der Waals surface area contributed by atoms with E-state index in [-0.39, 0.29) is 38.5 Å². The molecule has 1 aliphatic rings. The Balaban J connectivity index is 3.00. The molecule has 0 spiro atoms. The van der Waals surface area contributed by atoms with Crippen LogP contribution in [0.25, 0.3) is 0 Å². The second kappa shape index (κ2) is 11.5. The van der Waals surface area contributed by atoms with Crippen LogP contribution in [0, 0.1) is 0 Å². The number of esters is 3. The van der Waals surface area contributed by atoms with Crippen LogP contribution >= 0.6 is 0 Å². The molecule has 0 aromatic rings. The lowest BCUT2D eigenvalue weighted by Gasteiger charge is -2.39. The zero-order chi connectivity index (χ0) is 22.0. The normalized spacial score (nSPS) is 24.1. The van der Waals surface area contributed by atoms with E-state index in [0.717, 1.165) is 6.04 Å². The summed E-state index contributed by atoms with van der Waals surface area (Å²) in [6.07, 6.45) is -4.98. The van der Waals surface area contributed by atoms with Crippen molar-refractivity contribution in [2.24, 2.45) is 0 Å². The summed E-state index contributed by atoms with van der Waals surface area (Å²) in [6.45, 7) is 6.19. The molecule has 4 atom stereocenters. The van der Waals surface area contributed by atoms with E-state index < -0.39 is 50.6 Å². The molecule has 0 saturated carbocycles. The molecule has 0 bridgehead atoms. The summed E-state index contributed by atoms with van der Waals surface area (Å²) in [5.41, 5.74) is 0. The quantitative estimate of drug-likeness (QED) is 0.136. The SMILES string of the molecule is C[Si](C)(C)CCO[C@@H]1O[C@H](COC(=O)C=O)C[C@H](OC(=O)C=O)[C@H]1OC(=O)C=O. The van der Waals surface area contributed by atoms with E-state index in [0.29, 0.717) is 0 Å². The number of aldehydes is 3. The summed E-state index contributed by atoms with van der Waals surface area (Å²) in [5.74, 6) is -3.59. The van der Waals surface area contributed by atoms with Crippen LogP contribution in [0.3, 0.4) is 0 Å². The standard InChI is InChI=1S/C17H24O11Si/c1-29(2,3)5-4-24-17-16(28-15(23)9-20)12(27-14(22)8-19)6-11(26-17)10-25-13(21)7-18/h7-9,11-12,16-17H,4-6,10H2,1-3H3/t11-,12-,16+,17+/m0/s1. The lowest BCUT2D eigenvalue weighted by molar-refractivity contribution is -0.277. The molecule has 1 fully saturated rings. The average molecular weight is 432 g/mol. The fraction of sp³-hybridized carbons (Fsp3) is 0.647. The highest BCUT2D eigenvalue weighted by atomic mass is 28.3. The highest BCUT2D eigenvalue weighted by Crippen LogP contribution is 2.27. The molecule has 0 unspecified atom stereocenters. The zero-order valence-corrected chi connectivity index (χ0v) is 17.4. The number of hydrogen-bond acceptors (Lipinski definition) is 11. The van der Waals surface area contributed by atoms with Gasteiger partial charge in [-0.3, -0.25) is 14.4 Å². The summed E-state index contributed by atoms with van der Waals surface area (Å²) in [6, 6.07) is 0.727. The second-order valence-corrected chi connectivity index (χ2v) is 13.0. The molecule has 0 aromatic carbocycles. The van der Waals surface area contributed by atoms with Crippen molar-refractivity contribution in [3.05, 3.63) is 0 Å². The van der Waals surface area contributed by atoms with Gasteiger partial charge in [-0.15, -0.1) is 0 Å². The van der Waals surface area contributed by atoms with Crippen LogP contribution < -0.4 is 0 Å². The van der Waals surface area contributed by atoms with Crippen molar-refractivity contribution in [3.8, 4) is 0 Å². The maximum atomic E-state index is 11.5. The van der Waals surface area contributed by atoms with Crippen molar-refractivity contribution in [1.29, 1.82) is 0 Å². The Morgan fingerprint density at radius 1 is 0.966 bits per heavy atom. The molecule has 12 heteroatoms. The van der Waals surface area contributed by atoms with E-state index in [1.165, 1.54) is 0 Å². The van der Waals surface area contributed by atoms with Crippen molar-refractivity contribution in [3.63, 3.8) is 0 Å². The molecule has 0 aliphatic carbocycles. The van der Waals surface area contributed by atoms with Crippen molar-refractivity contribution < 1.29 is 52.5 Å². The fourth-order valence-electron chi connectivity index (χ4n) is 2.41. The summed E-state index contributed by atoms with van der Waals surface area (Å²) >= 11 is 0. The fourth-order valence-corrected chi connectivity index (χ4v) is 3.14. The van der Waals surface area contributed by atoms with E-state index in [9.17, 15) is 28.8 Å². The summed E-state index contributed by atoms with van der Waals surface area (Å²) in [4.78, 5) is 65.7. The third-order valence-electron chi connectivity index (χ3n) is 3.81. The highest BCUT2D eigenvalue weighted by Gasteiger charge is 2.45. The van der Waals surface area contributed by atoms with Gasteiger partial charge >= 0.3 is 17.9 Å². The summed E-state index contributed by atoms with van der Waals surface area (Å²) in [5, 5.41) is 0. The van der Waals surface area contributed by atoms with Crippen molar-refractivity contribution >= 4 is 44.8 Å². The third kappa shape index (κ3) is 9.06. The molecule has 162 valence electrons. The van der Waals surface area contributed by atoms with Crippen LogP contribution in [-0.4, -0.2) is 82.7 Å². The first-order valence-corrected chi connectivity index (χ1v) is 12.5. The maximum absolute atomic E-state index is 11.5. The summed E-state index contributed by atoms with van der Waals surface area (Å²) in [7, 11) is -1.49. The number of hydrogen-bond donors (Lipinski definition) is 0. The monoisotopic (exact) mass is 432 g/mol. The molecule has 0 aromatic heterocycles. The van der Waals surface area contributed by atoms with E-state index in [2.05, 4.69) is 19.6 Å². The predicted molar refractivity (Wildman–Crippen MR) is 96.3 cm³/mol. The molecule has 11 nitrogen and oxygen atoms in total. The van der Waals surface area contributed by atoms with Crippen molar-refractivity contribution in [2.45, 2.75) is 56.7 Å². The van der Waals surface area contributed by atoms with Gasteiger partial charge in [0.05, 0.1) is 6.10 Å². The number of carbonyl (C=O) groups is 6. The Labute approximate surface area is 167 Å². The van der Waals surface area contributed by atoms with E-state index in [1.54, 1.807) is 0 Å². The Bertz CT molecular complexity index is 627. The van der Waals surface area contributed by atoms with Gasteiger partial charge in [0.25, 0.3) is 0 Å². The minimum atomic E-state index is -1.49. The first kappa shape index (κ1) is 24.6. The Kier molecular flexibility index (Phi) is 9.78. The van der Waals surface area contributed by atoms with Crippen LogP contribution in [0.2, 0.25) is 25.7 Å². The van der Waals surface area contributed by atoms with Crippen molar-refractivity contribution in [1.82, 2.24) is 0 Å². The van der Waals surface area contributed by atoms with Gasteiger partial charge in [-0.25, -0.2) is 14.4 Å². The first-order chi connectivity index (χ1) is 13.6. The zero-order valence-electron chi connectivity index (χ0n) is 16.4. The first-order valence-electron chi connectivity index (χ1n) is 8.80. The highest BCUT2D eigenvalue weighted by molar-refractivity contribution is 6.76. The number of rotatable bonds is 11. The molecule has 1 rings (SSSR count). The predicted octanol–water partition coefficient (Wildman–Crippen LogP) is -0.580. The van der Waals surface area contributed by atoms with Crippen LogP contribution in [0.15, 0.2) is 0 Å². The van der Waals surface area contributed by atoms with Gasteiger partial charge in [-0.1, -0.05) is 19.6 Å². The Morgan fingerprint density at radius 2 is 1.55 bits per heavy atom. The van der Waals surface area contributed by atoms with Gasteiger partial charge in [-0.05, 0) is 6.04 Å². The van der Waals surface area contributed by atoms with Crippen LogP contribution in [0.5, 0.6) is 0 Å². The van der Waals surface area contributed by atoms with E-state index >= 15 is 0 Å². The molecule has 0 amide bonds. The van der Waals surface area contributed by atoms with Crippen LogP contribution in [-0.2, 0) is 52.5 Å². The minimum Gasteiger partial charge on any atom is -0.457 e. The molecular weight excluding hydrogens is 408 g/mol. The molecule has 29 heavy (non-hydrogen) atoms. The van der Waals surface area contributed by atoms with E-state index in [1.807, 2.05) is 0 Å². The molecule has 1 saturated heterocycles.